The molecule has 4 rings (SSSR count). The van der Waals surface area contributed by atoms with Gasteiger partial charge in [-0.3, -0.25) is 14.6 Å². The zero-order valence-corrected chi connectivity index (χ0v) is 16.1. The topological polar surface area (TPSA) is 142 Å². The highest BCUT2D eigenvalue weighted by Crippen LogP contribution is 2.55. The van der Waals surface area contributed by atoms with Crippen molar-refractivity contribution >= 4 is 23.4 Å². The first-order valence-electron chi connectivity index (χ1n) is 9.25. The lowest BCUT2D eigenvalue weighted by Gasteiger charge is -2.39. The van der Waals surface area contributed by atoms with E-state index in [0.29, 0.717) is 24.4 Å². The zero-order chi connectivity index (χ0) is 20.2. The van der Waals surface area contributed by atoms with Gasteiger partial charge in [-0.05, 0) is 6.92 Å². The van der Waals surface area contributed by atoms with E-state index in [0.717, 1.165) is 0 Å². The number of carbonyl (C=O) groups excluding carboxylic acids is 3. The number of ketones is 2. The van der Waals surface area contributed by atoms with Gasteiger partial charge in [-0.1, -0.05) is 0 Å². The Morgan fingerprint density at radius 1 is 1.39 bits per heavy atom. The highest BCUT2D eigenvalue weighted by Gasteiger charge is 2.73. The molecule has 2 saturated heterocycles. The Balaban J connectivity index is 1.78. The number of nitrogens with zero attached hydrogens (tertiary/aromatic N) is 2. The number of Topliss-reactive ketones (excluding diaryl/α,β-unsaturated/α-hetero) is 2. The number of nitrogens with two attached hydrogens (primary N) is 1. The molecule has 0 saturated carbocycles. The van der Waals surface area contributed by atoms with Crippen molar-refractivity contribution in [3.05, 3.63) is 11.3 Å². The van der Waals surface area contributed by atoms with Crippen LogP contribution in [-0.2, 0) is 23.8 Å². The molecular formula is C18H24N4O6. The summed E-state index contributed by atoms with van der Waals surface area (Å²) >= 11 is 0. The number of carbonyl (C=O) groups is 3. The molecule has 0 radical (unpaired) electrons. The van der Waals surface area contributed by atoms with Gasteiger partial charge in [0, 0.05) is 32.4 Å². The second kappa shape index (κ2) is 6.64. The summed E-state index contributed by atoms with van der Waals surface area (Å²) in [5.74, 6) is -1.77. The summed E-state index contributed by atoms with van der Waals surface area (Å²) in [5, 5.41) is 3.32. The number of rotatable bonds is 6. The highest BCUT2D eigenvalue weighted by molar-refractivity contribution is 6.53. The Kier molecular flexibility index (Phi) is 4.52. The van der Waals surface area contributed by atoms with Gasteiger partial charge in [0.1, 0.15) is 6.61 Å². The van der Waals surface area contributed by atoms with Crippen molar-refractivity contribution < 1.29 is 28.6 Å². The molecule has 0 aromatic carbocycles. The summed E-state index contributed by atoms with van der Waals surface area (Å²) in [7, 11) is 3.08. The number of ether oxygens (including phenoxy) is 3. The number of hydrogen-bond donors (Lipinski definition) is 2. The molecule has 10 heteroatoms. The molecule has 1 amide bonds. The number of nitrogens with one attached hydrogen (secondary N) is 1. The first-order chi connectivity index (χ1) is 13.4. The van der Waals surface area contributed by atoms with Crippen LogP contribution in [0.5, 0.6) is 0 Å². The summed E-state index contributed by atoms with van der Waals surface area (Å²) in [4.78, 5) is 44.0. The van der Waals surface area contributed by atoms with E-state index < -0.39 is 23.7 Å². The monoisotopic (exact) mass is 392 g/mol. The Bertz CT molecular complexity index is 808. The fraction of sp³-hybridized carbons (Fsp3) is 0.667. The van der Waals surface area contributed by atoms with Crippen molar-refractivity contribution in [3.8, 4) is 0 Å². The normalized spacial score (nSPS) is 37.2. The predicted octanol–water partition coefficient (Wildman–Crippen LogP) is -1.16. The van der Waals surface area contributed by atoms with E-state index in [-0.39, 0.29) is 42.5 Å². The number of allylic oxidation sites excluding steroid dienone is 1. The van der Waals surface area contributed by atoms with E-state index in [2.05, 4.69) is 10.3 Å². The summed E-state index contributed by atoms with van der Waals surface area (Å²) in [6.45, 7) is 2.71. The van der Waals surface area contributed by atoms with Gasteiger partial charge in [0.2, 0.25) is 5.78 Å². The fourth-order valence-corrected chi connectivity index (χ4v) is 4.85. The molecule has 3 heterocycles. The minimum Gasteiger partial charge on any atom is -0.449 e. The molecule has 28 heavy (non-hydrogen) atoms. The average molecular weight is 392 g/mol. The molecule has 0 bridgehead atoms. The first kappa shape index (κ1) is 19.0. The van der Waals surface area contributed by atoms with E-state index in [9.17, 15) is 14.4 Å². The Morgan fingerprint density at radius 2 is 2.14 bits per heavy atom. The molecule has 5 unspecified atom stereocenters. The van der Waals surface area contributed by atoms with E-state index in [4.69, 9.17) is 19.9 Å². The first-order valence-corrected chi connectivity index (χ1v) is 9.25. The quantitative estimate of drug-likeness (QED) is 0.426. The van der Waals surface area contributed by atoms with Crippen LogP contribution in [0.3, 0.4) is 0 Å². The maximum Gasteiger partial charge on any atom is 0.404 e. The van der Waals surface area contributed by atoms with Crippen LogP contribution in [0, 0.1) is 11.8 Å². The molecule has 5 atom stereocenters. The van der Waals surface area contributed by atoms with Crippen LogP contribution in [0.1, 0.15) is 6.92 Å². The lowest BCUT2D eigenvalue weighted by molar-refractivity contribution is -0.138. The second-order valence-electron chi connectivity index (χ2n) is 7.44. The van der Waals surface area contributed by atoms with Gasteiger partial charge in [0.05, 0.1) is 42.4 Å². The van der Waals surface area contributed by atoms with Crippen molar-refractivity contribution in [2.24, 2.45) is 22.6 Å². The van der Waals surface area contributed by atoms with E-state index in [1.807, 2.05) is 4.90 Å². The third-order valence-corrected chi connectivity index (χ3v) is 6.12. The fourth-order valence-electron chi connectivity index (χ4n) is 4.85. The van der Waals surface area contributed by atoms with Gasteiger partial charge in [-0.2, -0.15) is 0 Å². The number of fused-ring (bicyclic) bond motifs is 4. The van der Waals surface area contributed by atoms with Crippen LogP contribution >= 0.6 is 0 Å². The maximum absolute atomic E-state index is 13.4. The third kappa shape index (κ3) is 2.44. The van der Waals surface area contributed by atoms with Crippen LogP contribution in [-0.4, -0.2) is 86.6 Å². The van der Waals surface area contributed by atoms with Gasteiger partial charge in [-0.25, -0.2) is 4.79 Å². The van der Waals surface area contributed by atoms with Gasteiger partial charge in [-0.15, -0.1) is 0 Å². The van der Waals surface area contributed by atoms with Crippen molar-refractivity contribution in [1.82, 2.24) is 10.2 Å². The summed E-state index contributed by atoms with van der Waals surface area (Å²) < 4.78 is 16.0. The van der Waals surface area contributed by atoms with Crippen LogP contribution in [0.15, 0.2) is 16.3 Å². The molecule has 4 aliphatic rings. The predicted molar refractivity (Wildman–Crippen MR) is 96.6 cm³/mol. The molecule has 3 N–H and O–H groups in total. The van der Waals surface area contributed by atoms with Gasteiger partial charge >= 0.3 is 6.09 Å². The second-order valence-corrected chi connectivity index (χ2v) is 7.44. The minimum atomic E-state index is -0.961. The molecule has 0 aromatic heterocycles. The SMILES string of the molecule is COCCN=C1C(=O)C2=C(C(=O)C1C)N1CC3NC3C1(OC)C2COC(N)=O. The van der Waals surface area contributed by atoms with Crippen molar-refractivity contribution in [2.75, 3.05) is 40.5 Å². The number of primary amides is 1. The number of amides is 1. The molecule has 3 aliphatic heterocycles. The summed E-state index contributed by atoms with van der Waals surface area (Å²) in [5.41, 5.74) is 5.07. The van der Waals surface area contributed by atoms with Crippen LogP contribution in [0.25, 0.3) is 0 Å². The molecule has 152 valence electrons. The molecule has 0 aromatic rings. The summed E-state index contributed by atoms with van der Waals surface area (Å²) in [6.07, 6.45) is -0.943. The third-order valence-electron chi connectivity index (χ3n) is 6.12. The average Bonchev–Trinajstić information content (AvgIpc) is 3.27. The zero-order valence-electron chi connectivity index (χ0n) is 16.1. The van der Waals surface area contributed by atoms with E-state index >= 15 is 0 Å². The molecule has 1 aliphatic carbocycles. The lowest BCUT2D eigenvalue weighted by Crippen LogP contribution is -2.55. The number of aliphatic imine (C=N–C) groups is 1. The Morgan fingerprint density at radius 3 is 2.79 bits per heavy atom. The Hall–Kier alpha value is -2.30. The van der Waals surface area contributed by atoms with Crippen LogP contribution in [0.2, 0.25) is 0 Å². The van der Waals surface area contributed by atoms with Gasteiger partial charge in [0.25, 0.3) is 0 Å². The van der Waals surface area contributed by atoms with Gasteiger partial charge < -0.3 is 30.2 Å². The Labute approximate surface area is 162 Å². The molecular weight excluding hydrogens is 368 g/mol. The van der Waals surface area contributed by atoms with Gasteiger partial charge in [0.15, 0.2) is 11.5 Å². The minimum absolute atomic E-state index is 0.0608. The van der Waals surface area contributed by atoms with E-state index in [1.54, 1.807) is 14.0 Å². The lowest BCUT2D eigenvalue weighted by atomic mass is 9.78. The number of piperazine rings is 1. The van der Waals surface area contributed by atoms with Crippen molar-refractivity contribution in [3.63, 3.8) is 0 Å². The molecule has 0 spiro atoms. The van der Waals surface area contributed by atoms with Crippen LogP contribution < -0.4 is 11.1 Å². The molecule has 2 fully saturated rings. The molecule has 10 nitrogen and oxygen atoms in total. The number of methoxy groups -OCH3 is 2. The van der Waals surface area contributed by atoms with Crippen LogP contribution in [0.4, 0.5) is 4.79 Å². The van der Waals surface area contributed by atoms with Crippen molar-refractivity contribution in [2.45, 2.75) is 24.7 Å². The maximum atomic E-state index is 13.4. The highest BCUT2D eigenvalue weighted by atomic mass is 16.6. The van der Waals surface area contributed by atoms with E-state index in [1.165, 1.54) is 7.11 Å². The summed E-state index contributed by atoms with van der Waals surface area (Å²) in [6, 6.07) is 0.106. The largest absolute Gasteiger partial charge is 0.449 e. The van der Waals surface area contributed by atoms with Crippen molar-refractivity contribution in [1.29, 1.82) is 0 Å². The standard InChI is InChI=1S/C18H24N4O6/c1-8-12(20-4-5-26-2)15(24)11-9(7-28-17(19)25)18(27-3)16-10(21-16)6-22(18)13(11)14(8)23/h8-10,16,21H,4-7H2,1-3H3,(H2,19,25). The number of hydrogen-bond acceptors (Lipinski definition) is 9. The smallest absolute Gasteiger partial charge is 0.404 e.